The van der Waals surface area contributed by atoms with Crippen LogP contribution in [0.1, 0.15) is 15.9 Å². The van der Waals surface area contributed by atoms with E-state index < -0.39 is 24.0 Å². The predicted molar refractivity (Wildman–Crippen MR) is 79.3 cm³/mol. The Morgan fingerprint density at radius 2 is 1.79 bits per heavy atom. The number of ketones is 1. The molecule has 0 aliphatic carbocycles. The van der Waals surface area contributed by atoms with Crippen molar-refractivity contribution < 1.29 is 31.8 Å². The van der Waals surface area contributed by atoms with E-state index in [9.17, 15) is 22.4 Å². The second-order valence-electron chi connectivity index (χ2n) is 4.62. The molecule has 0 radical (unpaired) electrons. The second-order valence-corrected chi connectivity index (χ2v) is 4.62. The largest absolute Gasteiger partial charge is 0.493 e. The maximum atomic E-state index is 13.1. The molecule has 7 heteroatoms. The summed E-state index contributed by atoms with van der Waals surface area (Å²) in [6.45, 7) is -2.99. The van der Waals surface area contributed by atoms with E-state index in [2.05, 4.69) is 4.74 Å². The summed E-state index contributed by atoms with van der Waals surface area (Å²) >= 11 is 0. The van der Waals surface area contributed by atoms with Gasteiger partial charge in [-0.2, -0.15) is 8.78 Å². The number of hydrogen-bond acceptors (Lipinski definition) is 3. The number of benzene rings is 2. The highest BCUT2D eigenvalue weighted by Gasteiger charge is 2.11. The Bertz CT molecular complexity index is 772. The van der Waals surface area contributed by atoms with Gasteiger partial charge in [-0.15, -0.1) is 0 Å². The van der Waals surface area contributed by atoms with Crippen LogP contribution in [0.25, 0.3) is 6.08 Å². The zero-order valence-corrected chi connectivity index (χ0v) is 12.4. The quantitative estimate of drug-likeness (QED) is 0.442. The van der Waals surface area contributed by atoms with Crippen molar-refractivity contribution in [2.24, 2.45) is 0 Å². The lowest BCUT2D eigenvalue weighted by molar-refractivity contribution is -0.0512. The van der Waals surface area contributed by atoms with Crippen LogP contribution in [0.5, 0.6) is 11.5 Å². The summed E-state index contributed by atoms with van der Waals surface area (Å²) in [7, 11) is 1.29. The van der Waals surface area contributed by atoms with Crippen molar-refractivity contribution in [3.8, 4) is 11.5 Å². The fourth-order valence-corrected chi connectivity index (χ4v) is 1.90. The maximum Gasteiger partial charge on any atom is 0.387 e. The summed E-state index contributed by atoms with van der Waals surface area (Å²) in [6, 6.07) is 6.91. The normalized spacial score (nSPS) is 11.1. The molecule has 0 aliphatic rings. The van der Waals surface area contributed by atoms with Crippen molar-refractivity contribution in [2.75, 3.05) is 7.11 Å². The standard InChI is InChI=1S/C17H12F4O3/c1-23-16-8-10(3-7-15(16)24-17(20)21)2-6-14(22)11-4-5-12(18)13(19)9-11/h2-9,17H,1H3. The number of hydrogen-bond donors (Lipinski definition) is 0. The van der Waals surface area contributed by atoms with Crippen molar-refractivity contribution in [3.63, 3.8) is 0 Å². The molecular weight excluding hydrogens is 328 g/mol. The van der Waals surface area contributed by atoms with Crippen LogP contribution in [0.2, 0.25) is 0 Å². The topological polar surface area (TPSA) is 35.5 Å². The summed E-state index contributed by atoms with van der Waals surface area (Å²) in [6.07, 6.45) is 2.54. The van der Waals surface area contributed by atoms with Gasteiger partial charge in [0.1, 0.15) is 0 Å². The first kappa shape index (κ1) is 17.5. The van der Waals surface area contributed by atoms with E-state index >= 15 is 0 Å². The zero-order valence-electron chi connectivity index (χ0n) is 12.4. The van der Waals surface area contributed by atoms with Crippen LogP contribution < -0.4 is 9.47 Å². The number of alkyl halides is 2. The summed E-state index contributed by atoms with van der Waals surface area (Å²) in [5, 5.41) is 0. The van der Waals surface area contributed by atoms with Gasteiger partial charge in [0.05, 0.1) is 7.11 Å². The van der Waals surface area contributed by atoms with Crippen LogP contribution in [0.3, 0.4) is 0 Å². The van der Waals surface area contributed by atoms with Gasteiger partial charge in [0.15, 0.2) is 28.9 Å². The lowest BCUT2D eigenvalue weighted by atomic mass is 10.1. The first-order chi connectivity index (χ1) is 11.4. The van der Waals surface area contributed by atoms with Crippen LogP contribution in [0.15, 0.2) is 42.5 Å². The Hall–Kier alpha value is -2.83. The number of methoxy groups -OCH3 is 1. The Balaban J connectivity index is 2.18. The van der Waals surface area contributed by atoms with Crippen molar-refractivity contribution in [1.29, 1.82) is 0 Å². The third-order valence-electron chi connectivity index (χ3n) is 3.04. The molecule has 24 heavy (non-hydrogen) atoms. The lowest BCUT2D eigenvalue weighted by Gasteiger charge is -2.10. The Kier molecular flexibility index (Phi) is 5.57. The van der Waals surface area contributed by atoms with Gasteiger partial charge in [-0.05, 0) is 42.0 Å². The molecule has 0 heterocycles. The van der Waals surface area contributed by atoms with Crippen LogP contribution in [0, 0.1) is 11.6 Å². The molecule has 2 aromatic carbocycles. The van der Waals surface area contributed by atoms with E-state index in [0.29, 0.717) is 5.56 Å². The Morgan fingerprint density at radius 3 is 2.42 bits per heavy atom. The zero-order chi connectivity index (χ0) is 17.7. The third kappa shape index (κ3) is 4.34. The molecule has 0 bridgehead atoms. The van der Waals surface area contributed by atoms with Gasteiger partial charge in [-0.25, -0.2) is 8.78 Å². The summed E-state index contributed by atoms with van der Waals surface area (Å²) in [4.78, 5) is 11.9. The average molecular weight is 340 g/mol. The minimum Gasteiger partial charge on any atom is -0.493 e. The monoisotopic (exact) mass is 340 g/mol. The molecule has 2 rings (SSSR count). The van der Waals surface area contributed by atoms with Gasteiger partial charge >= 0.3 is 6.61 Å². The molecular formula is C17H12F4O3. The number of carbonyl (C=O) groups excluding carboxylic acids is 1. The molecule has 126 valence electrons. The summed E-state index contributed by atoms with van der Waals surface area (Å²) in [5.41, 5.74) is 0.458. The van der Waals surface area contributed by atoms with Crippen LogP contribution in [0.4, 0.5) is 17.6 Å². The fourth-order valence-electron chi connectivity index (χ4n) is 1.90. The predicted octanol–water partition coefficient (Wildman–Crippen LogP) is 4.47. The van der Waals surface area contributed by atoms with Gasteiger partial charge in [0, 0.05) is 5.56 Å². The van der Waals surface area contributed by atoms with Crippen molar-refractivity contribution in [3.05, 3.63) is 65.2 Å². The van der Waals surface area contributed by atoms with E-state index in [-0.39, 0.29) is 17.1 Å². The van der Waals surface area contributed by atoms with Gasteiger partial charge in [0.25, 0.3) is 0 Å². The fraction of sp³-hybridized carbons (Fsp3) is 0.118. The van der Waals surface area contributed by atoms with Crippen molar-refractivity contribution in [2.45, 2.75) is 6.61 Å². The van der Waals surface area contributed by atoms with Gasteiger partial charge in [-0.1, -0.05) is 12.1 Å². The molecule has 0 spiro atoms. The molecule has 0 aromatic heterocycles. The first-order valence-electron chi connectivity index (χ1n) is 6.71. The average Bonchev–Trinajstić information content (AvgIpc) is 2.55. The third-order valence-corrected chi connectivity index (χ3v) is 3.04. The molecule has 0 aliphatic heterocycles. The smallest absolute Gasteiger partial charge is 0.387 e. The van der Waals surface area contributed by atoms with Gasteiger partial charge in [0.2, 0.25) is 0 Å². The Labute approximate surface area is 135 Å². The molecule has 0 unspecified atom stereocenters. The molecule has 0 N–H and O–H groups in total. The molecule has 0 fully saturated rings. The summed E-state index contributed by atoms with van der Waals surface area (Å²) < 4.78 is 59.7. The highest BCUT2D eigenvalue weighted by molar-refractivity contribution is 6.06. The van der Waals surface area contributed by atoms with Crippen LogP contribution in [-0.2, 0) is 0 Å². The highest BCUT2D eigenvalue weighted by Crippen LogP contribution is 2.29. The molecule has 3 nitrogen and oxygen atoms in total. The van der Waals surface area contributed by atoms with Crippen LogP contribution in [-0.4, -0.2) is 19.5 Å². The number of rotatable bonds is 6. The number of ether oxygens (including phenoxy) is 2. The number of allylic oxidation sites excluding steroid dienone is 1. The number of carbonyl (C=O) groups is 1. The van der Waals surface area contributed by atoms with E-state index in [0.717, 1.165) is 24.3 Å². The first-order valence-corrected chi connectivity index (χ1v) is 6.71. The van der Waals surface area contributed by atoms with E-state index in [1.165, 1.54) is 31.4 Å². The molecule has 0 saturated heterocycles. The maximum absolute atomic E-state index is 13.1. The molecule has 0 saturated carbocycles. The lowest BCUT2D eigenvalue weighted by Crippen LogP contribution is -2.03. The van der Waals surface area contributed by atoms with Crippen molar-refractivity contribution in [1.82, 2.24) is 0 Å². The Morgan fingerprint density at radius 1 is 1.04 bits per heavy atom. The van der Waals surface area contributed by atoms with E-state index in [1.807, 2.05) is 0 Å². The van der Waals surface area contributed by atoms with Crippen LogP contribution >= 0.6 is 0 Å². The van der Waals surface area contributed by atoms with E-state index in [1.54, 1.807) is 0 Å². The van der Waals surface area contributed by atoms with Gasteiger partial charge in [-0.3, -0.25) is 4.79 Å². The minimum atomic E-state index is -2.99. The molecule has 0 atom stereocenters. The molecule has 2 aromatic rings. The van der Waals surface area contributed by atoms with E-state index in [4.69, 9.17) is 4.74 Å². The highest BCUT2D eigenvalue weighted by atomic mass is 19.3. The SMILES string of the molecule is COc1cc(C=CC(=O)c2ccc(F)c(F)c2)ccc1OC(F)F. The van der Waals surface area contributed by atoms with Gasteiger partial charge < -0.3 is 9.47 Å². The second kappa shape index (κ2) is 7.63. The minimum absolute atomic E-state index is 0.0187. The number of halogens is 4. The van der Waals surface area contributed by atoms with Crippen molar-refractivity contribution >= 4 is 11.9 Å². The summed E-state index contributed by atoms with van der Waals surface area (Å²) in [5.74, 6) is -2.78. The molecule has 0 amide bonds.